The average molecular weight is 366 g/mol. The predicted molar refractivity (Wildman–Crippen MR) is 109 cm³/mol. The van der Waals surface area contributed by atoms with Crippen LogP contribution in [0.3, 0.4) is 0 Å². The molecule has 1 saturated heterocycles. The quantitative estimate of drug-likeness (QED) is 0.772. The van der Waals surface area contributed by atoms with Crippen LogP contribution in [0.15, 0.2) is 48.7 Å². The van der Waals surface area contributed by atoms with Crippen molar-refractivity contribution in [3.63, 3.8) is 0 Å². The second kappa shape index (κ2) is 10.2. The second-order valence-corrected chi connectivity index (χ2v) is 7.56. The van der Waals surface area contributed by atoms with E-state index in [1.54, 1.807) is 0 Å². The molecular formula is C23H31N3O. The highest BCUT2D eigenvalue weighted by molar-refractivity contribution is 5.76. The molecule has 144 valence electrons. The average Bonchev–Trinajstić information content (AvgIpc) is 2.71. The fraction of sp³-hybridized carbons (Fsp3) is 0.478. The largest absolute Gasteiger partial charge is 0.352 e. The normalized spacial score (nSPS) is 17.6. The summed E-state index contributed by atoms with van der Waals surface area (Å²) in [6.45, 7) is 4.65. The zero-order chi connectivity index (χ0) is 18.9. The molecule has 4 heteroatoms. The lowest BCUT2D eigenvalue weighted by molar-refractivity contribution is -0.121. The lowest BCUT2D eigenvalue weighted by Crippen LogP contribution is -2.41. The van der Waals surface area contributed by atoms with Gasteiger partial charge in [-0.2, -0.15) is 0 Å². The molecule has 0 bridgehead atoms. The van der Waals surface area contributed by atoms with Crippen LogP contribution in [-0.2, 0) is 17.8 Å². The maximum Gasteiger partial charge on any atom is 0.221 e. The smallest absolute Gasteiger partial charge is 0.221 e. The van der Waals surface area contributed by atoms with Crippen LogP contribution in [0, 0.1) is 6.92 Å². The molecule has 1 aromatic carbocycles. The number of nitrogens with one attached hydrogen (secondary N) is 1. The minimum atomic E-state index is 0.143. The Bertz CT molecular complexity index is 699. The van der Waals surface area contributed by atoms with E-state index in [9.17, 15) is 4.79 Å². The fourth-order valence-electron chi connectivity index (χ4n) is 3.78. The second-order valence-electron chi connectivity index (χ2n) is 7.56. The minimum Gasteiger partial charge on any atom is -0.352 e. The van der Waals surface area contributed by atoms with Gasteiger partial charge in [-0.25, -0.2) is 0 Å². The van der Waals surface area contributed by atoms with Crippen LogP contribution in [-0.4, -0.2) is 34.9 Å². The van der Waals surface area contributed by atoms with Gasteiger partial charge in [0.05, 0.1) is 0 Å². The van der Waals surface area contributed by atoms with Crippen LogP contribution >= 0.6 is 0 Å². The first kappa shape index (κ1) is 19.6. The van der Waals surface area contributed by atoms with Crippen molar-refractivity contribution in [1.29, 1.82) is 0 Å². The maximum absolute atomic E-state index is 12.3. The van der Waals surface area contributed by atoms with Crippen molar-refractivity contribution < 1.29 is 4.79 Å². The van der Waals surface area contributed by atoms with E-state index in [2.05, 4.69) is 58.5 Å². The summed E-state index contributed by atoms with van der Waals surface area (Å²) in [4.78, 5) is 19.2. The third-order valence-corrected chi connectivity index (χ3v) is 5.45. The Kier molecular flexibility index (Phi) is 7.40. The van der Waals surface area contributed by atoms with Crippen LogP contribution in [0.25, 0.3) is 0 Å². The van der Waals surface area contributed by atoms with Gasteiger partial charge >= 0.3 is 0 Å². The number of rotatable bonds is 8. The molecule has 1 aliphatic heterocycles. The first-order valence-corrected chi connectivity index (χ1v) is 10.2. The number of carbonyl (C=O) groups excluding carboxylic acids is 1. The van der Waals surface area contributed by atoms with Crippen molar-refractivity contribution in [1.82, 2.24) is 15.2 Å². The molecule has 4 nitrogen and oxygen atoms in total. The van der Waals surface area contributed by atoms with Crippen molar-refractivity contribution in [2.45, 2.75) is 58.0 Å². The fourth-order valence-corrected chi connectivity index (χ4v) is 3.78. The van der Waals surface area contributed by atoms with E-state index in [1.165, 1.54) is 30.5 Å². The molecule has 1 aliphatic rings. The van der Waals surface area contributed by atoms with Crippen LogP contribution in [0.1, 0.15) is 48.9 Å². The van der Waals surface area contributed by atoms with E-state index < -0.39 is 0 Å². The first-order valence-electron chi connectivity index (χ1n) is 10.2. The standard InChI is InChI=1S/C23H31N3O/c1-19-8-10-20(11-9-19)18-25-23(27)14-17-26-16-5-3-7-22(26)13-12-21-6-2-4-15-24-21/h2,4,6,8-11,15,22H,3,5,7,12-14,16-18H2,1H3,(H,25,27)/t22-/m0/s1. The van der Waals surface area contributed by atoms with Crippen molar-refractivity contribution in [2.75, 3.05) is 13.1 Å². The van der Waals surface area contributed by atoms with E-state index in [4.69, 9.17) is 0 Å². The van der Waals surface area contributed by atoms with Gasteiger partial charge in [0.1, 0.15) is 0 Å². The summed E-state index contributed by atoms with van der Waals surface area (Å²) >= 11 is 0. The highest BCUT2D eigenvalue weighted by Gasteiger charge is 2.22. The summed E-state index contributed by atoms with van der Waals surface area (Å²) < 4.78 is 0. The van der Waals surface area contributed by atoms with E-state index in [1.807, 2.05) is 12.3 Å². The number of aryl methyl sites for hydroxylation is 2. The number of carbonyl (C=O) groups is 1. The van der Waals surface area contributed by atoms with E-state index in [0.29, 0.717) is 19.0 Å². The summed E-state index contributed by atoms with van der Waals surface area (Å²) in [7, 11) is 0. The number of pyridine rings is 1. The van der Waals surface area contributed by atoms with Gasteiger partial charge in [-0.15, -0.1) is 0 Å². The van der Waals surface area contributed by atoms with Gasteiger partial charge in [0.15, 0.2) is 0 Å². The molecule has 2 aromatic rings. The molecule has 1 aromatic heterocycles. The number of amides is 1. The van der Waals surface area contributed by atoms with Gasteiger partial charge in [-0.1, -0.05) is 42.3 Å². The van der Waals surface area contributed by atoms with Gasteiger partial charge in [-0.05, 0) is 56.8 Å². The molecular weight excluding hydrogens is 334 g/mol. The lowest BCUT2D eigenvalue weighted by Gasteiger charge is -2.35. The Morgan fingerprint density at radius 3 is 2.81 bits per heavy atom. The molecule has 0 saturated carbocycles. The van der Waals surface area contributed by atoms with Crippen molar-refractivity contribution in [3.05, 3.63) is 65.5 Å². The zero-order valence-electron chi connectivity index (χ0n) is 16.4. The third-order valence-electron chi connectivity index (χ3n) is 5.45. The van der Waals surface area contributed by atoms with E-state index in [-0.39, 0.29) is 5.91 Å². The molecule has 1 atom stereocenters. The molecule has 1 fully saturated rings. The van der Waals surface area contributed by atoms with Gasteiger partial charge in [0, 0.05) is 37.4 Å². The highest BCUT2D eigenvalue weighted by atomic mass is 16.1. The molecule has 27 heavy (non-hydrogen) atoms. The number of aromatic nitrogens is 1. The number of piperidine rings is 1. The number of hydrogen-bond acceptors (Lipinski definition) is 3. The number of hydrogen-bond donors (Lipinski definition) is 1. The maximum atomic E-state index is 12.3. The number of nitrogens with zero attached hydrogens (tertiary/aromatic N) is 2. The SMILES string of the molecule is Cc1ccc(CNC(=O)CCN2CCCC[C@H]2CCc2ccccn2)cc1. The first-order chi connectivity index (χ1) is 13.2. The predicted octanol–water partition coefficient (Wildman–Crippen LogP) is 3.88. The summed E-state index contributed by atoms with van der Waals surface area (Å²) in [5, 5.41) is 3.06. The van der Waals surface area contributed by atoms with Crippen LogP contribution in [0.4, 0.5) is 0 Å². The third kappa shape index (κ3) is 6.47. The topological polar surface area (TPSA) is 45.2 Å². The highest BCUT2D eigenvalue weighted by Crippen LogP contribution is 2.21. The summed E-state index contributed by atoms with van der Waals surface area (Å²) in [5.74, 6) is 0.143. The molecule has 0 aliphatic carbocycles. The van der Waals surface area contributed by atoms with E-state index in [0.717, 1.165) is 31.5 Å². The summed E-state index contributed by atoms with van der Waals surface area (Å²) in [6, 6.07) is 15.0. The van der Waals surface area contributed by atoms with Gasteiger partial charge in [-0.3, -0.25) is 14.7 Å². The van der Waals surface area contributed by atoms with Crippen molar-refractivity contribution in [2.24, 2.45) is 0 Å². The molecule has 1 amide bonds. The Labute approximate surface area is 163 Å². The zero-order valence-corrected chi connectivity index (χ0v) is 16.4. The molecule has 2 heterocycles. The monoisotopic (exact) mass is 365 g/mol. The van der Waals surface area contributed by atoms with Crippen molar-refractivity contribution in [3.8, 4) is 0 Å². The van der Waals surface area contributed by atoms with E-state index >= 15 is 0 Å². The molecule has 0 unspecified atom stereocenters. The van der Waals surface area contributed by atoms with Gasteiger partial charge < -0.3 is 5.32 Å². The summed E-state index contributed by atoms with van der Waals surface area (Å²) in [6.07, 6.45) is 8.35. The van der Waals surface area contributed by atoms with Crippen LogP contribution in [0.2, 0.25) is 0 Å². The summed E-state index contributed by atoms with van der Waals surface area (Å²) in [5.41, 5.74) is 3.56. The van der Waals surface area contributed by atoms with Gasteiger partial charge in [0.2, 0.25) is 5.91 Å². The van der Waals surface area contributed by atoms with Crippen molar-refractivity contribution >= 4 is 5.91 Å². The number of likely N-dealkylation sites (tertiary alicyclic amines) is 1. The molecule has 3 rings (SSSR count). The molecule has 1 N–H and O–H groups in total. The Balaban J connectivity index is 1.41. The van der Waals surface area contributed by atoms with Crippen LogP contribution < -0.4 is 5.32 Å². The van der Waals surface area contributed by atoms with Gasteiger partial charge in [0.25, 0.3) is 0 Å². The number of benzene rings is 1. The lowest BCUT2D eigenvalue weighted by atomic mass is 9.97. The van der Waals surface area contributed by atoms with Crippen LogP contribution in [0.5, 0.6) is 0 Å². The molecule has 0 spiro atoms. The minimum absolute atomic E-state index is 0.143. The Morgan fingerprint density at radius 1 is 1.19 bits per heavy atom. The Morgan fingerprint density at radius 2 is 2.04 bits per heavy atom. The molecule has 0 radical (unpaired) electrons. The Hall–Kier alpha value is -2.20.